The molecule has 2 aliphatic heterocycles. The Morgan fingerprint density at radius 2 is 1.86 bits per heavy atom. The third-order valence-corrected chi connectivity index (χ3v) is 7.94. The number of amides is 1. The van der Waals surface area contributed by atoms with Crippen LogP contribution in [0.5, 0.6) is 0 Å². The van der Waals surface area contributed by atoms with E-state index in [1.807, 2.05) is 18.2 Å². The zero-order valence-corrected chi connectivity index (χ0v) is 21.7. The Morgan fingerprint density at radius 3 is 2.50 bits per heavy atom. The average Bonchev–Trinajstić information content (AvgIpc) is 3.35. The average molecular weight is 490 g/mol. The number of benzene rings is 1. The smallest absolute Gasteiger partial charge is 0.231 e. The van der Waals surface area contributed by atoms with E-state index in [9.17, 15) is 9.90 Å². The predicted octanol–water partition coefficient (Wildman–Crippen LogP) is 3.78. The van der Waals surface area contributed by atoms with Crippen LogP contribution in [0.15, 0.2) is 47.2 Å². The standard InChI is InChI=1S/C28H35N5O3/c1-18(2)19-6-9-22(10-7-19)28(35,27(3)16-32(4)17-27)23-12-21(13-29-14-23)25-30-26(36-31-25)20-8-11-24(34)33(5)15-20/h6-7,9-10,12-14,18,20,35H,8,11,15-17H2,1-5H3/t20?,28-/m0/s1. The van der Waals surface area contributed by atoms with E-state index in [0.717, 1.165) is 18.7 Å². The number of rotatable bonds is 6. The Hall–Kier alpha value is -3.10. The molecule has 0 radical (unpaired) electrons. The van der Waals surface area contributed by atoms with Gasteiger partial charge in [-0.25, -0.2) is 0 Å². The van der Waals surface area contributed by atoms with Crippen LogP contribution in [0.4, 0.5) is 0 Å². The van der Waals surface area contributed by atoms with Crippen LogP contribution in [-0.4, -0.2) is 69.7 Å². The Bertz CT molecular complexity index is 1250. The SMILES string of the molecule is CC(C)c1ccc([C@](O)(c2cncc(-c3noc(C4CCC(=O)N(C)C4)n3)c2)C2(C)CN(C)C2)cc1. The lowest BCUT2D eigenvalue weighted by Crippen LogP contribution is -2.63. The molecular weight excluding hydrogens is 454 g/mol. The zero-order valence-electron chi connectivity index (χ0n) is 21.7. The summed E-state index contributed by atoms with van der Waals surface area (Å²) < 4.78 is 5.61. The summed E-state index contributed by atoms with van der Waals surface area (Å²) in [6, 6.07) is 10.2. The molecule has 2 fully saturated rings. The van der Waals surface area contributed by atoms with Crippen molar-refractivity contribution in [1.82, 2.24) is 24.9 Å². The van der Waals surface area contributed by atoms with Crippen LogP contribution in [0.2, 0.25) is 0 Å². The number of likely N-dealkylation sites (N-methyl/N-ethyl adjacent to an activating group) is 1. The summed E-state index contributed by atoms with van der Waals surface area (Å²) in [5.41, 5.74) is 1.86. The van der Waals surface area contributed by atoms with Gasteiger partial charge < -0.3 is 19.4 Å². The van der Waals surface area contributed by atoms with E-state index in [0.29, 0.717) is 48.1 Å². The van der Waals surface area contributed by atoms with Gasteiger partial charge in [0.05, 0.1) is 5.92 Å². The molecular formula is C28H35N5O3. The normalized spacial score (nSPS) is 21.9. The van der Waals surface area contributed by atoms with Crippen LogP contribution in [0.25, 0.3) is 11.4 Å². The highest BCUT2D eigenvalue weighted by atomic mass is 16.5. The molecule has 36 heavy (non-hydrogen) atoms. The monoisotopic (exact) mass is 489 g/mol. The van der Waals surface area contributed by atoms with E-state index >= 15 is 0 Å². The van der Waals surface area contributed by atoms with Crippen LogP contribution in [0, 0.1) is 5.41 Å². The highest BCUT2D eigenvalue weighted by Crippen LogP contribution is 2.50. The Labute approximate surface area is 212 Å². The molecule has 190 valence electrons. The van der Waals surface area contributed by atoms with Gasteiger partial charge in [0.2, 0.25) is 17.6 Å². The lowest BCUT2D eigenvalue weighted by molar-refractivity contribution is -0.132. The first kappa shape index (κ1) is 24.6. The summed E-state index contributed by atoms with van der Waals surface area (Å²) in [6.45, 7) is 8.55. The number of aliphatic hydroxyl groups is 1. The molecule has 2 atom stereocenters. The van der Waals surface area contributed by atoms with Crippen molar-refractivity contribution in [2.75, 3.05) is 33.7 Å². The number of pyridine rings is 1. The third kappa shape index (κ3) is 4.12. The molecule has 1 aromatic carbocycles. The number of carbonyl (C=O) groups is 1. The van der Waals surface area contributed by atoms with E-state index in [-0.39, 0.29) is 17.2 Å². The molecule has 2 saturated heterocycles. The van der Waals surface area contributed by atoms with E-state index in [4.69, 9.17) is 4.52 Å². The number of carbonyl (C=O) groups excluding carboxylic acids is 1. The van der Waals surface area contributed by atoms with E-state index in [1.165, 1.54) is 5.56 Å². The van der Waals surface area contributed by atoms with Gasteiger partial charge in [-0.15, -0.1) is 0 Å². The molecule has 2 aliphatic rings. The van der Waals surface area contributed by atoms with Crippen molar-refractivity contribution in [1.29, 1.82) is 0 Å². The summed E-state index contributed by atoms with van der Waals surface area (Å²) in [6.07, 6.45) is 4.62. The van der Waals surface area contributed by atoms with Crippen molar-refractivity contribution in [3.63, 3.8) is 0 Å². The molecule has 8 heteroatoms. The maximum atomic E-state index is 12.4. The van der Waals surface area contributed by atoms with Crippen molar-refractivity contribution >= 4 is 5.91 Å². The number of piperidine rings is 1. The Morgan fingerprint density at radius 1 is 1.14 bits per heavy atom. The number of hydrogen-bond donors (Lipinski definition) is 1. The second kappa shape index (κ2) is 9.09. The molecule has 0 spiro atoms. The largest absolute Gasteiger partial charge is 0.380 e. The first-order chi connectivity index (χ1) is 17.1. The molecule has 1 unspecified atom stereocenters. The maximum absolute atomic E-state index is 12.4. The number of aromatic nitrogens is 3. The first-order valence-electron chi connectivity index (χ1n) is 12.7. The van der Waals surface area contributed by atoms with E-state index < -0.39 is 5.60 Å². The van der Waals surface area contributed by atoms with Gasteiger partial charge in [-0.3, -0.25) is 9.78 Å². The number of likely N-dealkylation sites (tertiary alicyclic amines) is 2. The minimum atomic E-state index is -1.24. The number of nitrogens with zero attached hydrogens (tertiary/aromatic N) is 5. The van der Waals surface area contributed by atoms with Crippen molar-refractivity contribution < 1.29 is 14.4 Å². The van der Waals surface area contributed by atoms with Gasteiger partial charge in [-0.1, -0.05) is 50.2 Å². The molecule has 1 amide bonds. The molecule has 0 bridgehead atoms. The van der Waals surface area contributed by atoms with E-state index in [2.05, 4.69) is 60.0 Å². The van der Waals surface area contributed by atoms with Crippen molar-refractivity contribution in [2.45, 2.75) is 51.0 Å². The van der Waals surface area contributed by atoms with Crippen LogP contribution in [-0.2, 0) is 10.4 Å². The Kier molecular flexibility index (Phi) is 6.21. The van der Waals surface area contributed by atoms with Crippen LogP contribution >= 0.6 is 0 Å². The van der Waals surface area contributed by atoms with Crippen molar-refractivity contribution in [2.24, 2.45) is 5.41 Å². The molecule has 1 N–H and O–H groups in total. The molecule has 2 aromatic heterocycles. The van der Waals surface area contributed by atoms with Gasteiger partial charge >= 0.3 is 0 Å². The van der Waals surface area contributed by atoms with Gasteiger partial charge in [0, 0.05) is 62.0 Å². The molecule has 0 saturated carbocycles. The first-order valence-corrected chi connectivity index (χ1v) is 12.7. The predicted molar refractivity (Wildman–Crippen MR) is 136 cm³/mol. The maximum Gasteiger partial charge on any atom is 0.231 e. The van der Waals surface area contributed by atoms with Gasteiger partial charge in [0.25, 0.3) is 0 Å². The molecule has 5 rings (SSSR count). The second-order valence-electron chi connectivity index (χ2n) is 11.1. The van der Waals surface area contributed by atoms with Crippen LogP contribution in [0.3, 0.4) is 0 Å². The third-order valence-electron chi connectivity index (χ3n) is 7.94. The summed E-state index contributed by atoms with van der Waals surface area (Å²) in [4.78, 5) is 24.9. The lowest BCUT2D eigenvalue weighted by atomic mass is 9.62. The van der Waals surface area contributed by atoms with Gasteiger partial charge in [0.1, 0.15) is 5.60 Å². The van der Waals surface area contributed by atoms with Crippen molar-refractivity contribution in [3.8, 4) is 11.4 Å². The van der Waals surface area contributed by atoms with Gasteiger partial charge in [-0.2, -0.15) is 4.98 Å². The van der Waals surface area contributed by atoms with Gasteiger partial charge in [0.15, 0.2) is 0 Å². The minimum Gasteiger partial charge on any atom is -0.380 e. The molecule has 3 aromatic rings. The summed E-state index contributed by atoms with van der Waals surface area (Å²) >= 11 is 0. The molecule has 4 heterocycles. The fraction of sp³-hybridized carbons (Fsp3) is 0.500. The number of hydrogen-bond acceptors (Lipinski definition) is 7. The summed E-state index contributed by atoms with van der Waals surface area (Å²) in [5.74, 6) is 1.54. The quantitative estimate of drug-likeness (QED) is 0.563. The topological polar surface area (TPSA) is 95.6 Å². The molecule has 0 aliphatic carbocycles. The second-order valence-corrected chi connectivity index (χ2v) is 11.1. The lowest BCUT2D eigenvalue weighted by Gasteiger charge is -2.55. The van der Waals surface area contributed by atoms with Gasteiger partial charge in [-0.05, 0) is 36.6 Å². The van der Waals surface area contributed by atoms with E-state index in [1.54, 1.807) is 24.3 Å². The zero-order chi connectivity index (χ0) is 25.7. The Balaban J connectivity index is 1.50. The fourth-order valence-electron chi connectivity index (χ4n) is 5.84. The van der Waals surface area contributed by atoms with Crippen molar-refractivity contribution in [3.05, 3.63) is 65.3 Å². The highest BCUT2D eigenvalue weighted by Gasteiger charge is 2.55. The van der Waals surface area contributed by atoms with Crippen LogP contribution in [0.1, 0.15) is 68.0 Å². The minimum absolute atomic E-state index is 0.0194. The van der Waals surface area contributed by atoms with Crippen LogP contribution < -0.4 is 0 Å². The molecule has 8 nitrogen and oxygen atoms in total. The summed E-state index contributed by atoms with van der Waals surface area (Å²) in [5, 5.41) is 16.7. The fourth-order valence-corrected chi connectivity index (χ4v) is 5.84. The summed E-state index contributed by atoms with van der Waals surface area (Å²) in [7, 11) is 3.86. The highest BCUT2D eigenvalue weighted by molar-refractivity contribution is 5.76.